The predicted octanol–water partition coefficient (Wildman–Crippen LogP) is 4.28. The first-order valence-electron chi connectivity index (χ1n) is 8.00. The van der Waals surface area contributed by atoms with Gasteiger partial charge in [-0.2, -0.15) is 0 Å². The second kappa shape index (κ2) is 6.77. The Balaban J connectivity index is 1.89. The predicted molar refractivity (Wildman–Crippen MR) is 89.1 cm³/mol. The number of nitrogens with two attached hydrogens (primary N) is 1. The molecule has 0 heterocycles. The molecule has 0 aromatic heterocycles. The maximum atomic E-state index is 6.22. The maximum Gasteiger partial charge on any atom is 0.0599 e. The molecule has 1 saturated carbocycles. The number of nitrogen functional groups attached to an aromatic ring is 1. The number of para-hydroxylation sites is 1. The van der Waals surface area contributed by atoms with Gasteiger partial charge >= 0.3 is 0 Å². The standard InChI is InChI=1S/C19H24N2/c20-18-14-8-7-13-17(18)19(15-9-3-1-4-10-15)21-16-11-5-2-6-12-16/h1,3-4,7-10,13-14,16,19,21H,2,5-6,11-12,20H2. The highest BCUT2D eigenvalue weighted by Gasteiger charge is 2.21. The summed E-state index contributed by atoms with van der Waals surface area (Å²) in [6.07, 6.45) is 6.60. The van der Waals surface area contributed by atoms with E-state index < -0.39 is 0 Å². The summed E-state index contributed by atoms with van der Waals surface area (Å²) in [7, 11) is 0. The molecule has 2 nitrogen and oxygen atoms in total. The van der Waals surface area contributed by atoms with Crippen LogP contribution in [0.1, 0.15) is 49.3 Å². The first-order valence-corrected chi connectivity index (χ1v) is 8.00. The number of rotatable bonds is 4. The summed E-state index contributed by atoms with van der Waals surface area (Å²) in [6.45, 7) is 0. The number of hydrogen-bond acceptors (Lipinski definition) is 2. The van der Waals surface area contributed by atoms with Crippen LogP contribution in [0.5, 0.6) is 0 Å². The van der Waals surface area contributed by atoms with Crippen LogP contribution in [0.2, 0.25) is 0 Å². The van der Waals surface area contributed by atoms with Gasteiger partial charge in [0.25, 0.3) is 0 Å². The van der Waals surface area contributed by atoms with Gasteiger partial charge in [-0.1, -0.05) is 67.8 Å². The number of anilines is 1. The Labute approximate surface area is 127 Å². The van der Waals surface area contributed by atoms with Gasteiger partial charge in [0.2, 0.25) is 0 Å². The van der Waals surface area contributed by atoms with E-state index in [1.807, 2.05) is 12.1 Å². The van der Waals surface area contributed by atoms with Crippen molar-refractivity contribution in [2.75, 3.05) is 5.73 Å². The lowest BCUT2D eigenvalue weighted by molar-refractivity contribution is 0.355. The van der Waals surface area contributed by atoms with Crippen LogP contribution in [0.25, 0.3) is 0 Å². The van der Waals surface area contributed by atoms with Crippen molar-refractivity contribution in [2.24, 2.45) is 0 Å². The molecule has 3 rings (SSSR count). The summed E-state index contributed by atoms with van der Waals surface area (Å²) in [4.78, 5) is 0. The van der Waals surface area contributed by atoms with E-state index in [-0.39, 0.29) is 6.04 Å². The van der Waals surface area contributed by atoms with Crippen LogP contribution in [-0.4, -0.2) is 6.04 Å². The molecule has 1 atom stereocenters. The molecule has 0 spiro atoms. The second-order valence-electron chi connectivity index (χ2n) is 5.97. The summed E-state index contributed by atoms with van der Waals surface area (Å²) >= 11 is 0. The maximum absolute atomic E-state index is 6.22. The van der Waals surface area contributed by atoms with E-state index in [0.29, 0.717) is 6.04 Å². The van der Waals surface area contributed by atoms with Crippen molar-refractivity contribution in [3.05, 3.63) is 65.7 Å². The van der Waals surface area contributed by atoms with Crippen molar-refractivity contribution in [3.63, 3.8) is 0 Å². The van der Waals surface area contributed by atoms with Gasteiger partial charge in [0.1, 0.15) is 0 Å². The fourth-order valence-corrected chi connectivity index (χ4v) is 3.29. The van der Waals surface area contributed by atoms with E-state index in [1.165, 1.54) is 43.2 Å². The molecule has 1 unspecified atom stereocenters. The number of benzene rings is 2. The SMILES string of the molecule is Nc1ccccc1C(NC1CCCCC1)c1ccccc1. The van der Waals surface area contributed by atoms with Gasteiger partial charge in [0.05, 0.1) is 6.04 Å². The summed E-state index contributed by atoms with van der Waals surface area (Å²) in [5.41, 5.74) is 9.58. The fourth-order valence-electron chi connectivity index (χ4n) is 3.29. The average molecular weight is 280 g/mol. The van der Waals surface area contributed by atoms with E-state index in [2.05, 4.69) is 47.8 Å². The summed E-state index contributed by atoms with van der Waals surface area (Å²) < 4.78 is 0. The summed E-state index contributed by atoms with van der Waals surface area (Å²) in [5.74, 6) is 0. The largest absolute Gasteiger partial charge is 0.398 e. The normalized spacial score (nSPS) is 17.5. The van der Waals surface area contributed by atoms with Gasteiger partial charge in [0.15, 0.2) is 0 Å². The van der Waals surface area contributed by atoms with E-state index in [9.17, 15) is 0 Å². The Morgan fingerprint density at radius 2 is 1.52 bits per heavy atom. The molecule has 1 aliphatic rings. The van der Waals surface area contributed by atoms with Crippen molar-refractivity contribution >= 4 is 5.69 Å². The van der Waals surface area contributed by atoms with E-state index >= 15 is 0 Å². The first kappa shape index (κ1) is 14.2. The fraction of sp³-hybridized carbons (Fsp3) is 0.368. The third-order valence-corrected chi connectivity index (χ3v) is 4.45. The molecular weight excluding hydrogens is 256 g/mol. The molecule has 0 radical (unpaired) electrons. The quantitative estimate of drug-likeness (QED) is 0.820. The lowest BCUT2D eigenvalue weighted by atomic mass is 9.91. The van der Waals surface area contributed by atoms with Crippen molar-refractivity contribution < 1.29 is 0 Å². The Hall–Kier alpha value is -1.80. The molecule has 1 fully saturated rings. The van der Waals surface area contributed by atoms with Crippen molar-refractivity contribution in [1.82, 2.24) is 5.32 Å². The minimum atomic E-state index is 0.190. The topological polar surface area (TPSA) is 38.0 Å². The van der Waals surface area contributed by atoms with Crippen LogP contribution >= 0.6 is 0 Å². The van der Waals surface area contributed by atoms with Gasteiger partial charge in [-0.3, -0.25) is 0 Å². The second-order valence-corrected chi connectivity index (χ2v) is 5.97. The van der Waals surface area contributed by atoms with Gasteiger partial charge < -0.3 is 11.1 Å². The number of nitrogens with one attached hydrogen (secondary N) is 1. The highest BCUT2D eigenvalue weighted by atomic mass is 15.0. The Kier molecular flexibility index (Phi) is 4.56. The van der Waals surface area contributed by atoms with Crippen LogP contribution in [0.3, 0.4) is 0 Å². The Morgan fingerprint density at radius 3 is 2.24 bits per heavy atom. The molecule has 0 saturated heterocycles. The molecule has 21 heavy (non-hydrogen) atoms. The van der Waals surface area contributed by atoms with E-state index in [4.69, 9.17) is 5.73 Å². The third kappa shape index (κ3) is 3.45. The lowest BCUT2D eigenvalue weighted by Gasteiger charge is -2.29. The van der Waals surface area contributed by atoms with Crippen molar-refractivity contribution in [1.29, 1.82) is 0 Å². The van der Waals surface area contributed by atoms with Gasteiger partial charge in [-0.25, -0.2) is 0 Å². The zero-order valence-corrected chi connectivity index (χ0v) is 12.5. The molecule has 2 aromatic carbocycles. The van der Waals surface area contributed by atoms with Crippen LogP contribution in [0, 0.1) is 0 Å². The molecule has 0 bridgehead atoms. The first-order chi connectivity index (χ1) is 10.3. The van der Waals surface area contributed by atoms with Gasteiger partial charge in [0, 0.05) is 11.7 Å². The monoisotopic (exact) mass is 280 g/mol. The average Bonchev–Trinajstić information content (AvgIpc) is 2.55. The Morgan fingerprint density at radius 1 is 0.857 bits per heavy atom. The smallest absolute Gasteiger partial charge is 0.0599 e. The molecular formula is C19H24N2. The molecule has 3 N–H and O–H groups in total. The summed E-state index contributed by atoms with van der Waals surface area (Å²) in [5, 5.41) is 3.85. The van der Waals surface area contributed by atoms with Crippen molar-refractivity contribution in [2.45, 2.75) is 44.2 Å². The van der Waals surface area contributed by atoms with Crippen LogP contribution in [0.15, 0.2) is 54.6 Å². The molecule has 0 aliphatic heterocycles. The van der Waals surface area contributed by atoms with Crippen LogP contribution < -0.4 is 11.1 Å². The number of hydrogen-bond donors (Lipinski definition) is 2. The van der Waals surface area contributed by atoms with Gasteiger partial charge in [-0.15, -0.1) is 0 Å². The molecule has 110 valence electrons. The molecule has 1 aliphatic carbocycles. The Bertz CT molecular complexity index is 559. The minimum Gasteiger partial charge on any atom is -0.398 e. The highest BCUT2D eigenvalue weighted by molar-refractivity contribution is 5.51. The van der Waals surface area contributed by atoms with E-state index in [0.717, 1.165) is 5.69 Å². The highest BCUT2D eigenvalue weighted by Crippen LogP contribution is 2.29. The zero-order valence-electron chi connectivity index (χ0n) is 12.5. The molecule has 2 heteroatoms. The van der Waals surface area contributed by atoms with Crippen LogP contribution in [-0.2, 0) is 0 Å². The minimum absolute atomic E-state index is 0.190. The van der Waals surface area contributed by atoms with E-state index in [1.54, 1.807) is 0 Å². The lowest BCUT2D eigenvalue weighted by Crippen LogP contribution is -2.35. The molecule has 2 aromatic rings. The third-order valence-electron chi connectivity index (χ3n) is 4.45. The van der Waals surface area contributed by atoms with Crippen LogP contribution in [0.4, 0.5) is 5.69 Å². The van der Waals surface area contributed by atoms with Crippen molar-refractivity contribution in [3.8, 4) is 0 Å². The summed E-state index contributed by atoms with van der Waals surface area (Å²) in [6, 6.07) is 19.6. The molecule has 0 amide bonds. The van der Waals surface area contributed by atoms with Gasteiger partial charge in [-0.05, 0) is 30.0 Å². The zero-order chi connectivity index (χ0) is 14.5.